The Morgan fingerprint density at radius 3 is 2.10 bits per heavy atom. The van der Waals surface area contributed by atoms with Crippen LogP contribution in [0.25, 0.3) is 10.8 Å². The number of nitro groups is 2. The van der Waals surface area contributed by atoms with E-state index in [0.29, 0.717) is 32.5 Å². The van der Waals surface area contributed by atoms with Gasteiger partial charge in [-0.2, -0.15) is 5.01 Å². The molecule has 61 heavy (non-hydrogen) atoms. The van der Waals surface area contributed by atoms with Gasteiger partial charge in [-0.15, -0.1) is 0 Å². The molecule has 5 aromatic carbocycles. The molecule has 4 aliphatic rings. The van der Waals surface area contributed by atoms with E-state index in [1.165, 1.54) is 49.3 Å². The lowest BCUT2D eigenvalue weighted by Crippen LogP contribution is -2.53. The lowest BCUT2D eigenvalue weighted by atomic mass is 9.49. The highest BCUT2D eigenvalue weighted by Gasteiger charge is 2.70. The zero-order chi connectivity index (χ0) is 43.2. The van der Waals surface area contributed by atoms with Crippen LogP contribution in [-0.2, 0) is 24.6 Å². The smallest absolute Gasteiger partial charge is 0.301 e. The minimum absolute atomic E-state index is 0.00883. The van der Waals surface area contributed by atoms with Crippen molar-refractivity contribution < 1.29 is 38.5 Å². The average molecular weight is 845 g/mol. The third kappa shape index (κ3) is 5.76. The Kier molecular flexibility index (Phi) is 9.16. The number of carbonyl (C=O) groups is 4. The molecule has 15 nitrogen and oxygen atoms in total. The van der Waals surface area contributed by atoms with Crippen molar-refractivity contribution in [2.24, 2.45) is 23.7 Å². The van der Waals surface area contributed by atoms with Gasteiger partial charge in [0.25, 0.3) is 11.8 Å². The maximum atomic E-state index is 15.5. The second-order valence-corrected chi connectivity index (χ2v) is 16.3. The van der Waals surface area contributed by atoms with Crippen molar-refractivity contribution in [3.05, 3.63) is 151 Å². The number of allylic oxidation sites excluding steroid dienone is 2. The predicted molar refractivity (Wildman–Crippen MR) is 221 cm³/mol. The van der Waals surface area contributed by atoms with E-state index in [9.17, 15) is 39.3 Å². The highest BCUT2D eigenvalue weighted by atomic mass is 35.5. The summed E-state index contributed by atoms with van der Waals surface area (Å²) in [6.07, 6.45) is 1.70. The van der Waals surface area contributed by atoms with E-state index in [1.807, 2.05) is 6.08 Å². The van der Waals surface area contributed by atoms with Gasteiger partial charge in [0.05, 0.1) is 44.4 Å². The highest BCUT2D eigenvalue weighted by Crippen LogP contribution is 2.65. The third-order valence-corrected chi connectivity index (χ3v) is 12.9. The molecule has 0 aromatic heterocycles. The summed E-state index contributed by atoms with van der Waals surface area (Å²) in [5, 5.41) is 37.9. The molecule has 3 fully saturated rings. The van der Waals surface area contributed by atoms with Crippen molar-refractivity contribution in [1.29, 1.82) is 0 Å². The molecule has 2 saturated heterocycles. The van der Waals surface area contributed by atoms with Gasteiger partial charge >= 0.3 is 11.4 Å². The second kappa shape index (κ2) is 14.2. The first kappa shape index (κ1) is 39.3. The summed E-state index contributed by atoms with van der Waals surface area (Å²) >= 11 is 6.40. The number of fused-ring (bicyclic) bond motifs is 5. The number of hydrogen-bond acceptors (Lipinski definition) is 11. The maximum absolute atomic E-state index is 15.5. The Hall–Kier alpha value is -7.20. The molecule has 2 heterocycles. The zero-order valence-electron chi connectivity index (χ0n) is 32.3. The number of aromatic hydroxyl groups is 1. The van der Waals surface area contributed by atoms with Crippen molar-refractivity contribution >= 4 is 74.4 Å². The van der Waals surface area contributed by atoms with Gasteiger partial charge in [0.2, 0.25) is 11.8 Å². The number of nitrogens with one attached hydrogen (secondary N) is 1. The summed E-state index contributed by atoms with van der Waals surface area (Å²) in [7, 11) is 2.80. The van der Waals surface area contributed by atoms with E-state index in [0.717, 1.165) is 22.0 Å². The molecule has 0 spiro atoms. The van der Waals surface area contributed by atoms with Crippen LogP contribution in [0.5, 0.6) is 5.75 Å². The number of hydrogen-bond donors (Lipinski definition) is 2. The Bertz CT molecular complexity index is 2760. The van der Waals surface area contributed by atoms with Crippen LogP contribution >= 0.6 is 11.6 Å². The molecule has 4 amide bonds. The standard InChI is InChI=1S/C44H34ClFN6O9/c1-48(2)39-34(51(58)59)19-26(20-35(39)52(60)61)49-40(54)31-16-15-30-32(37(31)42(49)56)21-33-41(55)50(47-25-13-11-24(46)12-14-25)43(57)44(33,22-7-9-23(45)10-8-22)38(30)29-17-18-36(53)28-6-4-3-5-27(28)29/h3-15,17-20,31-33,37-38,47,53H,16,21H2,1-2H3/t31-,32+,33-,37-,38-,44+/m0/s1. The van der Waals surface area contributed by atoms with Crippen molar-refractivity contribution in [3.8, 4) is 5.75 Å². The minimum Gasteiger partial charge on any atom is -0.507 e. The summed E-state index contributed by atoms with van der Waals surface area (Å²) in [6.45, 7) is 0. The average Bonchev–Trinajstić information content (AvgIpc) is 3.62. The SMILES string of the molecule is CN(C)c1c([N+](=O)[O-])cc(N2C(=O)[C@H]3[C@H](CC=C4[C@H]3C[C@H]3C(=O)N(Nc5ccc(F)cc5)C(=O)[C@@]3(c3ccc(Cl)cc3)[C@H]4c3ccc(O)c4ccccc34)C2=O)cc1[N+](=O)[O-]. The Labute approximate surface area is 350 Å². The number of imide groups is 2. The molecule has 6 atom stereocenters. The molecule has 1 saturated carbocycles. The lowest BCUT2D eigenvalue weighted by Gasteiger charge is -2.51. The van der Waals surface area contributed by atoms with E-state index in [1.54, 1.807) is 54.6 Å². The number of carbonyl (C=O) groups excluding carboxylic acids is 4. The molecule has 2 N–H and O–H groups in total. The number of benzene rings is 5. The summed E-state index contributed by atoms with van der Waals surface area (Å²) in [5.41, 5.74) is 0.962. The quantitative estimate of drug-likeness (QED) is 0.0683. The number of anilines is 3. The first-order valence-corrected chi connectivity index (χ1v) is 19.6. The van der Waals surface area contributed by atoms with Crippen LogP contribution in [0.1, 0.15) is 29.9 Å². The van der Waals surface area contributed by atoms with Crippen LogP contribution in [0.3, 0.4) is 0 Å². The number of amides is 4. The van der Waals surface area contributed by atoms with Crippen LogP contribution in [0, 0.1) is 49.7 Å². The minimum atomic E-state index is -1.71. The van der Waals surface area contributed by atoms with Gasteiger partial charge in [0, 0.05) is 42.6 Å². The number of nitrogens with zero attached hydrogens (tertiary/aromatic N) is 5. The number of phenols is 1. The molecule has 9 rings (SSSR count). The largest absolute Gasteiger partial charge is 0.507 e. The first-order chi connectivity index (χ1) is 29.1. The van der Waals surface area contributed by atoms with E-state index in [4.69, 9.17) is 11.6 Å². The Morgan fingerprint density at radius 1 is 0.836 bits per heavy atom. The topological polar surface area (TPSA) is 197 Å². The number of hydrazine groups is 1. The number of rotatable bonds is 8. The van der Waals surface area contributed by atoms with Gasteiger partial charge in [0.1, 0.15) is 11.6 Å². The van der Waals surface area contributed by atoms with Gasteiger partial charge in [-0.3, -0.25) is 44.8 Å². The fraction of sp³-hybridized carbons (Fsp3) is 0.227. The second-order valence-electron chi connectivity index (χ2n) is 15.8. The van der Waals surface area contributed by atoms with Gasteiger partial charge < -0.3 is 10.0 Å². The van der Waals surface area contributed by atoms with E-state index in [-0.39, 0.29) is 35.7 Å². The van der Waals surface area contributed by atoms with E-state index >= 15 is 9.59 Å². The summed E-state index contributed by atoms with van der Waals surface area (Å²) in [4.78, 5) is 84.8. The maximum Gasteiger partial charge on any atom is 0.301 e. The molecular formula is C44H34ClFN6O9. The number of halogens is 2. The van der Waals surface area contributed by atoms with Crippen molar-refractivity contribution in [2.45, 2.75) is 24.2 Å². The monoisotopic (exact) mass is 844 g/mol. The summed E-state index contributed by atoms with van der Waals surface area (Å²) in [5.74, 6) is -8.58. The first-order valence-electron chi connectivity index (χ1n) is 19.2. The lowest BCUT2D eigenvalue weighted by molar-refractivity contribution is -0.392. The zero-order valence-corrected chi connectivity index (χ0v) is 33.1. The van der Waals surface area contributed by atoms with E-state index in [2.05, 4.69) is 5.43 Å². The van der Waals surface area contributed by atoms with Crippen molar-refractivity contribution in [3.63, 3.8) is 0 Å². The fourth-order valence-corrected chi connectivity index (χ4v) is 10.4. The van der Waals surface area contributed by atoms with Crippen LogP contribution in [0.4, 0.5) is 32.8 Å². The Morgan fingerprint density at radius 2 is 1.48 bits per heavy atom. The van der Waals surface area contributed by atoms with Crippen molar-refractivity contribution in [2.75, 3.05) is 29.3 Å². The molecule has 308 valence electrons. The van der Waals surface area contributed by atoms with Gasteiger partial charge in [-0.25, -0.2) is 9.29 Å². The molecule has 0 unspecified atom stereocenters. The number of nitro benzene ring substituents is 2. The molecule has 2 aliphatic heterocycles. The van der Waals surface area contributed by atoms with E-state index < -0.39 is 85.7 Å². The summed E-state index contributed by atoms with van der Waals surface area (Å²) < 4.78 is 14.0. The number of phenolic OH excluding ortho intramolecular Hbond substituents is 1. The molecule has 5 aromatic rings. The normalized spacial score (nSPS) is 24.3. The van der Waals surface area contributed by atoms with Crippen LogP contribution in [-0.4, -0.2) is 57.7 Å². The van der Waals surface area contributed by atoms with Crippen molar-refractivity contribution in [1.82, 2.24) is 5.01 Å². The third-order valence-electron chi connectivity index (χ3n) is 12.7. The van der Waals surface area contributed by atoms with Gasteiger partial charge in [-0.1, -0.05) is 65.7 Å². The molecular weight excluding hydrogens is 811 g/mol. The molecule has 2 aliphatic carbocycles. The van der Waals surface area contributed by atoms with Gasteiger partial charge in [0.15, 0.2) is 5.69 Å². The van der Waals surface area contributed by atoms with Gasteiger partial charge in [-0.05, 0) is 77.7 Å². The van der Waals surface area contributed by atoms with Crippen LogP contribution in [0.15, 0.2) is 109 Å². The molecule has 0 radical (unpaired) electrons. The molecule has 0 bridgehead atoms. The molecule has 17 heteroatoms. The predicted octanol–water partition coefficient (Wildman–Crippen LogP) is 7.41. The summed E-state index contributed by atoms with van der Waals surface area (Å²) in [6, 6.07) is 23.8. The van der Waals surface area contributed by atoms with Crippen LogP contribution in [0.2, 0.25) is 5.02 Å². The fourth-order valence-electron chi connectivity index (χ4n) is 10.3. The highest BCUT2D eigenvalue weighted by molar-refractivity contribution is 6.30. The van der Waals surface area contributed by atoms with Crippen LogP contribution < -0.4 is 15.2 Å². The Balaban J connectivity index is 1.25.